The number of benzene rings is 1. The second-order valence-corrected chi connectivity index (χ2v) is 6.51. The Hall–Kier alpha value is -0.420. The van der Waals surface area contributed by atoms with E-state index in [4.69, 9.17) is 9.47 Å². The first-order chi connectivity index (χ1) is 10.3. The fourth-order valence-corrected chi connectivity index (χ4v) is 3.33. The van der Waals surface area contributed by atoms with Crippen molar-refractivity contribution in [2.24, 2.45) is 0 Å². The Morgan fingerprint density at radius 2 is 1.95 bits per heavy atom. The molecule has 1 fully saturated rings. The van der Waals surface area contributed by atoms with Gasteiger partial charge in [0.05, 0.1) is 13.2 Å². The molecule has 0 unspecified atom stereocenters. The molecule has 0 spiro atoms. The monoisotopic (exact) mass is 355 g/mol. The van der Waals surface area contributed by atoms with Crippen molar-refractivity contribution in [3.8, 4) is 0 Å². The Morgan fingerprint density at radius 3 is 2.71 bits per heavy atom. The maximum absolute atomic E-state index is 5.45. The maximum Gasteiger partial charge on any atom is 0.0700 e. The van der Waals surface area contributed by atoms with Gasteiger partial charge < -0.3 is 14.8 Å². The van der Waals surface area contributed by atoms with Crippen LogP contribution in [0.5, 0.6) is 0 Å². The summed E-state index contributed by atoms with van der Waals surface area (Å²) in [5.74, 6) is 0.718. The van der Waals surface area contributed by atoms with E-state index in [1.807, 2.05) is 0 Å². The lowest BCUT2D eigenvalue weighted by molar-refractivity contribution is 0.0686. The van der Waals surface area contributed by atoms with Crippen LogP contribution in [-0.4, -0.2) is 39.5 Å². The third kappa shape index (κ3) is 5.70. The molecule has 1 N–H and O–H groups in total. The first kappa shape index (κ1) is 16.9. The molecule has 0 aromatic heterocycles. The van der Waals surface area contributed by atoms with Gasteiger partial charge in [-0.15, -0.1) is 0 Å². The van der Waals surface area contributed by atoms with Crippen molar-refractivity contribution < 1.29 is 9.47 Å². The number of unbranched alkanes of at least 4 members (excludes halogenated alkanes) is 1. The van der Waals surface area contributed by atoms with Crippen molar-refractivity contribution in [2.45, 2.75) is 37.6 Å². The average molecular weight is 356 g/mol. The Kier molecular flexibility index (Phi) is 7.72. The van der Waals surface area contributed by atoms with E-state index in [1.54, 1.807) is 7.11 Å². The Morgan fingerprint density at radius 1 is 1.14 bits per heavy atom. The molecule has 2 rings (SSSR count). The molecule has 0 radical (unpaired) electrons. The second-order valence-electron chi connectivity index (χ2n) is 5.65. The number of nitrogens with one attached hydrogen (secondary N) is 1. The normalized spacial score (nSPS) is 21.2. The lowest BCUT2D eigenvalue weighted by Crippen LogP contribution is -2.40. The summed E-state index contributed by atoms with van der Waals surface area (Å²) in [5.41, 5.74) is 1.46. The largest absolute Gasteiger partial charge is 0.382 e. The highest BCUT2D eigenvalue weighted by Gasteiger charge is 2.30. The summed E-state index contributed by atoms with van der Waals surface area (Å²) < 4.78 is 11.6. The molecule has 0 amide bonds. The van der Waals surface area contributed by atoms with Crippen LogP contribution in [0, 0.1) is 0 Å². The molecule has 1 saturated carbocycles. The highest BCUT2D eigenvalue weighted by molar-refractivity contribution is 9.10. The van der Waals surface area contributed by atoms with Gasteiger partial charge in [0.15, 0.2) is 0 Å². The van der Waals surface area contributed by atoms with E-state index >= 15 is 0 Å². The molecule has 0 bridgehead atoms. The molecule has 1 aromatic rings. The minimum absolute atomic E-state index is 0.691. The summed E-state index contributed by atoms with van der Waals surface area (Å²) >= 11 is 3.65. The number of methoxy groups -OCH3 is 1. The highest BCUT2D eigenvalue weighted by atomic mass is 79.9. The smallest absolute Gasteiger partial charge is 0.0700 e. The van der Waals surface area contributed by atoms with Crippen LogP contribution < -0.4 is 5.32 Å². The molecular formula is C17H26BrNO2. The van der Waals surface area contributed by atoms with Gasteiger partial charge in [0.1, 0.15) is 0 Å². The van der Waals surface area contributed by atoms with Crippen LogP contribution in [0.25, 0.3) is 0 Å². The summed E-state index contributed by atoms with van der Waals surface area (Å²) in [4.78, 5) is 0. The zero-order valence-corrected chi connectivity index (χ0v) is 14.4. The molecule has 1 aromatic carbocycles. The Balaban J connectivity index is 1.49. The van der Waals surface area contributed by atoms with Crippen LogP contribution in [0.2, 0.25) is 0 Å². The van der Waals surface area contributed by atoms with Gasteiger partial charge in [-0.1, -0.05) is 34.1 Å². The minimum Gasteiger partial charge on any atom is -0.382 e. The van der Waals surface area contributed by atoms with Crippen LogP contribution in [-0.2, 0) is 9.47 Å². The minimum atomic E-state index is 0.691. The zero-order valence-electron chi connectivity index (χ0n) is 12.8. The van der Waals surface area contributed by atoms with Crippen molar-refractivity contribution in [3.63, 3.8) is 0 Å². The summed E-state index contributed by atoms with van der Waals surface area (Å²) in [7, 11) is 1.70. The molecule has 4 heteroatoms. The van der Waals surface area contributed by atoms with E-state index in [2.05, 4.69) is 45.5 Å². The summed E-state index contributed by atoms with van der Waals surface area (Å²) in [6.45, 7) is 3.34. The molecule has 0 aliphatic heterocycles. The van der Waals surface area contributed by atoms with Crippen LogP contribution in [0.15, 0.2) is 28.7 Å². The molecule has 21 heavy (non-hydrogen) atoms. The van der Waals surface area contributed by atoms with Crippen molar-refractivity contribution >= 4 is 15.9 Å². The summed E-state index contributed by atoms with van der Waals surface area (Å²) in [6.07, 6.45) is 4.82. The zero-order chi connectivity index (χ0) is 14.9. The van der Waals surface area contributed by atoms with E-state index in [0.717, 1.165) is 25.5 Å². The molecule has 118 valence electrons. The first-order valence-corrected chi connectivity index (χ1v) is 8.65. The van der Waals surface area contributed by atoms with Crippen LogP contribution in [0.1, 0.15) is 37.2 Å². The lowest BCUT2D eigenvalue weighted by atomic mass is 9.76. The van der Waals surface area contributed by atoms with Gasteiger partial charge >= 0.3 is 0 Å². The van der Waals surface area contributed by atoms with Crippen molar-refractivity contribution in [3.05, 3.63) is 34.3 Å². The molecular weight excluding hydrogens is 330 g/mol. The standard InChI is InChI=1S/C17H26BrNO2/c1-20-10-11-21-9-5-4-8-19-15-12-14(13-15)16-6-2-3-7-17(16)18/h2-3,6-7,14-15,19H,4-5,8-13H2,1H3. The van der Waals surface area contributed by atoms with Crippen LogP contribution in [0.3, 0.4) is 0 Å². The van der Waals surface area contributed by atoms with Gasteiger partial charge in [-0.25, -0.2) is 0 Å². The quantitative estimate of drug-likeness (QED) is 0.648. The molecule has 0 heterocycles. The molecule has 0 atom stereocenters. The second kappa shape index (κ2) is 9.57. The third-order valence-corrected chi connectivity index (χ3v) is 4.79. The van der Waals surface area contributed by atoms with Gasteiger partial charge in [0.25, 0.3) is 0 Å². The third-order valence-electron chi connectivity index (χ3n) is 4.06. The van der Waals surface area contributed by atoms with E-state index in [-0.39, 0.29) is 0 Å². The topological polar surface area (TPSA) is 30.5 Å². The van der Waals surface area contributed by atoms with Crippen LogP contribution in [0.4, 0.5) is 0 Å². The van der Waals surface area contributed by atoms with Gasteiger partial charge in [0.2, 0.25) is 0 Å². The predicted molar refractivity (Wildman–Crippen MR) is 89.8 cm³/mol. The lowest BCUT2D eigenvalue weighted by Gasteiger charge is -2.37. The van der Waals surface area contributed by atoms with E-state index in [9.17, 15) is 0 Å². The molecule has 1 aliphatic carbocycles. The van der Waals surface area contributed by atoms with E-state index in [0.29, 0.717) is 19.3 Å². The number of hydrogen-bond acceptors (Lipinski definition) is 3. The average Bonchev–Trinajstić information content (AvgIpc) is 2.45. The Bertz CT molecular complexity index is 408. The van der Waals surface area contributed by atoms with E-state index in [1.165, 1.54) is 29.3 Å². The van der Waals surface area contributed by atoms with Crippen molar-refractivity contribution in [1.82, 2.24) is 5.32 Å². The van der Waals surface area contributed by atoms with Gasteiger partial charge in [0, 0.05) is 24.2 Å². The fourth-order valence-electron chi connectivity index (χ4n) is 2.72. The number of ether oxygens (including phenoxy) is 2. The number of halogens is 1. The Labute approximate surface area is 136 Å². The number of hydrogen-bond donors (Lipinski definition) is 1. The van der Waals surface area contributed by atoms with E-state index < -0.39 is 0 Å². The number of rotatable bonds is 10. The maximum atomic E-state index is 5.45. The highest BCUT2D eigenvalue weighted by Crippen LogP contribution is 2.39. The fraction of sp³-hybridized carbons (Fsp3) is 0.647. The summed E-state index contributed by atoms with van der Waals surface area (Å²) in [5, 5.41) is 3.64. The summed E-state index contributed by atoms with van der Waals surface area (Å²) in [6, 6.07) is 9.28. The SMILES string of the molecule is COCCOCCCCNC1CC(c2ccccc2Br)C1. The van der Waals surface area contributed by atoms with Gasteiger partial charge in [-0.3, -0.25) is 0 Å². The van der Waals surface area contributed by atoms with Crippen molar-refractivity contribution in [1.29, 1.82) is 0 Å². The van der Waals surface area contributed by atoms with Crippen molar-refractivity contribution in [2.75, 3.05) is 33.5 Å². The van der Waals surface area contributed by atoms with Gasteiger partial charge in [-0.2, -0.15) is 0 Å². The van der Waals surface area contributed by atoms with Crippen LogP contribution >= 0.6 is 15.9 Å². The first-order valence-electron chi connectivity index (χ1n) is 7.85. The predicted octanol–water partition coefficient (Wildman–Crippen LogP) is 3.73. The molecule has 3 nitrogen and oxygen atoms in total. The van der Waals surface area contributed by atoms with Gasteiger partial charge in [-0.05, 0) is 49.8 Å². The molecule has 0 saturated heterocycles. The molecule has 1 aliphatic rings.